The number of halogens is 1. The lowest BCUT2D eigenvalue weighted by molar-refractivity contribution is -0.141. The van der Waals surface area contributed by atoms with Crippen LogP contribution in [0.2, 0.25) is 0 Å². The predicted octanol–water partition coefficient (Wildman–Crippen LogP) is 3.22. The van der Waals surface area contributed by atoms with E-state index in [1.54, 1.807) is 20.8 Å². The van der Waals surface area contributed by atoms with Gasteiger partial charge in [0.2, 0.25) is 0 Å². The summed E-state index contributed by atoms with van der Waals surface area (Å²) in [6.45, 7) is 5.28. The maximum atomic E-state index is 11.6. The molecule has 2 N–H and O–H groups in total. The molecule has 6 heteroatoms. The van der Waals surface area contributed by atoms with Crippen molar-refractivity contribution in [2.75, 3.05) is 6.54 Å². The Bertz CT molecular complexity index is 511. The van der Waals surface area contributed by atoms with Crippen LogP contribution in [0.4, 0.5) is 4.79 Å². The number of rotatable bonds is 5. The summed E-state index contributed by atoms with van der Waals surface area (Å²) in [4.78, 5) is 22.9. The van der Waals surface area contributed by atoms with E-state index in [-0.39, 0.29) is 6.54 Å². The number of carbonyl (C=O) groups excluding carboxylic acids is 1. The van der Waals surface area contributed by atoms with Gasteiger partial charge in [0.15, 0.2) is 0 Å². The molecule has 5 nitrogen and oxygen atoms in total. The fourth-order valence-electron chi connectivity index (χ4n) is 1.70. The Hall–Kier alpha value is -1.56. The van der Waals surface area contributed by atoms with Crippen LogP contribution in [0.5, 0.6) is 0 Å². The second-order valence-corrected chi connectivity index (χ2v) is 6.57. The van der Waals surface area contributed by atoms with Crippen molar-refractivity contribution in [1.29, 1.82) is 0 Å². The molecule has 0 bridgehead atoms. The Morgan fingerprint density at radius 3 is 2.48 bits per heavy atom. The standard InChI is InChI=1S/C15H20BrNO4/c1-15(2,3)21-14(20)17-9-11(13(18)19)8-10-6-4-5-7-12(10)16/h4-7,11H,8-9H2,1-3H3,(H,17,20)(H,18,19)/t11-/m1/s1. The Morgan fingerprint density at radius 2 is 1.95 bits per heavy atom. The number of carboxylic acid groups (broad SMARTS) is 1. The van der Waals surface area contributed by atoms with E-state index >= 15 is 0 Å². The molecule has 0 unspecified atom stereocenters. The first-order valence-electron chi connectivity index (χ1n) is 6.62. The summed E-state index contributed by atoms with van der Waals surface area (Å²) >= 11 is 3.39. The van der Waals surface area contributed by atoms with Gasteiger partial charge in [-0.2, -0.15) is 0 Å². The first-order valence-corrected chi connectivity index (χ1v) is 7.41. The molecule has 0 radical (unpaired) electrons. The highest BCUT2D eigenvalue weighted by Crippen LogP contribution is 2.19. The van der Waals surface area contributed by atoms with Crippen LogP contribution in [0.15, 0.2) is 28.7 Å². The predicted molar refractivity (Wildman–Crippen MR) is 83.2 cm³/mol. The lowest BCUT2D eigenvalue weighted by Gasteiger charge is -2.21. The molecule has 1 aromatic rings. The van der Waals surface area contributed by atoms with Crippen LogP contribution in [-0.2, 0) is 16.0 Å². The van der Waals surface area contributed by atoms with Crippen molar-refractivity contribution < 1.29 is 19.4 Å². The van der Waals surface area contributed by atoms with Gasteiger partial charge in [-0.3, -0.25) is 4.79 Å². The van der Waals surface area contributed by atoms with Gasteiger partial charge in [-0.1, -0.05) is 34.1 Å². The summed E-state index contributed by atoms with van der Waals surface area (Å²) in [6.07, 6.45) is -0.284. The van der Waals surface area contributed by atoms with Crippen molar-refractivity contribution in [1.82, 2.24) is 5.32 Å². The van der Waals surface area contributed by atoms with E-state index < -0.39 is 23.6 Å². The van der Waals surface area contributed by atoms with Gasteiger partial charge in [-0.25, -0.2) is 4.79 Å². The summed E-state index contributed by atoms with van der Waals surface area (Å²) in [5.41, 5.74) is 0.279. The molecule has 0 fully saturated rings. The molecule has 0 spiro atoms. The molecule has 116 valence electrons. The topological polar surface area (TPSA) is 75.6 Å². The molecule has 21 heavy (non-hydrogen) atoms. The zero-order valence-electron chi connectivity index (χ0n) is 12.4. The van der Waals surface area contributed by atoms with Gasteiger partial charge in [0.05, 0.1) is 5.92 Å². The van der Waals surface area contributed by atoms with Crippen molar-refractivity contribution in [2.45, 2.75) is 32.8 Å². The molecule has 0 saturated heterocycles. The van der Waals surface area contributed by atoms with Gasteiger partial charge in [-0.15, -0.1) is 0 Å². The molecule has 0 aliphatic rings. The molecule has 1 amide bonds. The average molecular weight is 358 g/mol. The van der Waals surface area contributed by atoms with Gasteiger partial charge in [0.1, 0.15) is 5.60 Å². The molecule has 1 aromatic carbocycles. The highest BCUT2D eigenvalue weighted by atomic mass is 79.9. The summed E-state index contributed by atoms with van der Waals surface area (Å²) in [5, 5.41) is 11.8. The summed E-state index contributed by atoms with van der Waals surface area (Å²) in [6, 6.07) is 7.42. The van der Waals surface area contributed by atoms with Crippen LogP contribution < -0.4 is 5.32 Å². The molecule has 0 heterocycles. The minimum Gasteiger partial charge on any atom is -0.481 e. The maximum absolute atomic E-state index is 11.6. The van der Waals surface area contributed by atoms with Crippen molar-refractivity contribution in [3.05, 3.63) is 34.3 Å². The number of benzene rings is 1. The van der Waals surface area contributed by atoms with Crippen LogP contribution >= 0.6 is 15.9 Å². The number of aliphatic carboxylic acids is 1. The molecule has 0 aliphatic heterocycles. The number of carbonyl (C=O) groups is 2. The summed E-state index contributed by atoms with van der Waals surface area (Å²) in [5.74, 6) is -1.67. The number of amides is 1. The average Bonchev–Trinajstić information content (AvgIpc) is 2.34. The number of ether oxygens (including phenoxy) is 1. The third kappa shape index (κ3) is 6.62. The van der Waals surface area contributed by atoms with E-state index in [0.29, 0.717) is 6.42 Å². The summed E-state index contributed by atoms with van der Waals surface area (Å²) < 4.78 is 5.94. The Morgan fingerprint density at radius 1 is 1.33 bits per heavy atom. The van der Waals surface area contributed by atoms with Crippen molar-refractivity contribution in [3.8, 4) is 0 Å². The van der Waals surface area contributed by atoms with Crippen LogP contribution in [0.25, 0.3) is 0 Å². The van der Waals surface area contributed by atoms with Crippen LogP contribution in [-0.4, -0.2) is 29.3 Å². The number of carboxylic acids is 1. The fraction of sp³-hybridized carbons (Fsp3) is 0.467. The minimum absolute atomic E-state index is 0.0194. The van der Waals surface area contributed by atoms with Gasteiger partial charge < -0.3 is 15.2 Å². The van der Waals surface area contributed by atoms with Crippen molar-refractivity contribution in [2.24, 2.45) is 5.92 Å². The number of hydrogen-bond acceptors (Lipinski definition) is 3. The fourth-order valence-corrected chi connectivity index (χ4v) is 2.14. The third-order valence-corrected chi connectivity index (χ3v) is 3.44. The van der Waals surface area contributed by atoms with E-state index in [1.807, 2.05) is 24.3 Å². The van der Waals surface area contributed by atoms with Crippen LogP contribution in [0.1, 0.15) is 26.3 Å². The van der Waals surface area contributed by atoms with E-state index in [4.69, 9.17) is 4.74 Å². The van der Waals surface area contributed by atoms with Crippen LogP contribution in [0.3, 0.4) is 0 Å². The molecule has 1 atom stereocenters. The number of hydrogen-bond donors (Lipinski definition) is 2. The smallest absolute Gasteiger partial charge is 0.407 e. The number of nitrogens with one attached hydrogen (secondary N) is 1. The van der Waals surface area contributed by atoms with E-state index in [1.165, 1.54) is 0 Å². The minimum atomic E-state index is -0.957. The van der Waals surface area contributed by atoms with E-state index in [9.17, 15) is 14.7 Å². The van der Waals surface area contributed by atoms with E-state index in [0.717, 1.165) is 10.0 Å². The van der Waals surface area contributed by atoms with E-state index in [2.05, 4.69) is 21.2 Å². The Labute approximate surface area is 132 Å². The second-order valence-electron chi connectivity index (χ2n) is 5.71. The normalized spacial score (nSPS) is 12.6. The second kappa shape index (κ2) is 7.45. The lowest BCUT2D eigenvalue weighted by atomic mass is 9.99. The first-order chi connectivity index (χ1) is 9.69. The molecule has 1 rings (SSSR count). The molecule has 0 aliphatic carbocycles. The van der Waals surface area contributed by atoms with Crippen molar-refractivity contribution in [3.63, 3.8) is 0 Å². The molecule has 0 aromatic heterocycles. The third-order valence-electron chi connectivity index (χ3n) is 2.67. The highest BCUT2D eigenvalue weighted by Gasteiger charge is 2.22. The van der Waals surface area contributed by atoms with Gasteiger partial charge in [-0.05, 0) is 38.8 Å². The highest BCUT2D eigenvalue weighted by molar-refractivity contribution is 9.10. The number of alkyl carbamates (subject to hydrolysis) is 1. The van der Waals surface area contributed by atoms with Gasteiger partial charge >= 0.3 is 12.1 Å². The molecule has 0 saturated carbocycles. The van der Waals surface area contributed by atoms with Crippen molar-refractivity contribution >= 4 is 28.0 Å². The Balaban J connectivity index is 2.61. The maximum Gasteiger partial charge on any atom is 0.407 e. The first kappa shape index (κ1) is 17.5. The summed E-state index contributed by atoms with van der Waals surface area (Å²) in [7, 11) is 0. The van der Waals surface area contributed by atoms with Crippen LogP contribution in [0, 0.1) is 5.92 Å². The zero-order valence-corrected chi connectivity index (χ0v) is 13.9. The quantitative estimate of drug-likeness (QED) is 0.848. The largest absolute Gasteiger partial charge is 0.481 e. The van der Waals surface area contributed by atoms with Gasteiger partial charge in [0.25, 0.3) is 0 Å². The van der Waals surface area contributed by atoms with Gasteiger partial charge in [0, 0.05) is 11.0 Å². The monoisotopic (exact) mass is 357 g/mol. The lowest BCUT2D eigenvalue weighted by Crippen LogP contribution is -2.37. The zero-order chi connectivity index (χ0) is 16.0. The molecular formula is C15H20BrNO4. The molecular weight excluding hydrogens is 338 g/mol. The Kier molecular flexibility index (Phi) is 6.20. The SMILES string of the molecule is CC(C)(C)OC(=O)NC[C@@H](Cc1ccccc1Br)C(=O)O.